The van der Waals surface area contributed by atoms with E-state index in [9.17, 15) is 4.39 Å². The topological polar surface area (TPSA) is 15.3 Å². The fourth-order valence-electron chi connectivity index (χ4n) is 1.87. The van der Waals surface area contributed by atoms with Crippen LogP contribution in [0.4, 0.5) is 4.39 Å². The molecule has 13 heavy (non-hydrogen) atoms. The van der Waals surface area contributed by atoms with E-state index in [0.717, 1.165) is 19.5 Å². The maximum Gasteiger partial charge on any atom is 0.128 e. The zero-order valence-corrected chi connectivity index (χ0v) is 8.89. The number of hydrogen-bond acceptors (Lipinski definition) is 2. The zero-order chi connectivity index (χ0) is 9.84. The number of nitrogens with zero attached hydrogens (tertiary/aromatic N) is 1. The molecule has 1 saturated heterocycles. The summed E-state index contributed by atoms with van der Waals surface area (Å²) in [6.07, 6.45) is 0.240. The minimum absolute atomic E-state index is 0.0720. The molecule has 0 spiro atoms. The van der Waals surface area contributed by atoms with E-state index in [-0.39, 0.29) is 6.04 Å². The summed E-state index contributed by atoms with van der Waals surface area (Å²) < 4.78 is 13.5. The Labute approximate surface area is 80.5 Å². The molecule has 1 N–H and O–H groups in total. The maximum absolute atomic E-state index is 13.5. The first-order chi connectivity index (χ1) is 6.13. The number of rotatable bonds is 3. The van der Waals surface area contributed by atoms with Crippen LogP contribution in [0, 0.1) is 0 Å². The highest BCUT2D eigenvalue weighted by Gasteiger charge is 2.28. The highest BCUT2D eigenvalue weighted by molar-refractivity contribution is 4.85. The lowest BCUT2D eigenvalue weighted by Gasteiger charge is -2.35. The van der Waals surface area contributed by atoms with Gasteiger partial charge in [0.05, 0.1) is 0 Å². The molecule has 3 heteroatoms. The highest BCUT2D eigenvalue weighted by atomic mass is 19.1. The third-order valence-electron chi connectivity index (χ3n) is 2.62. The fraction of sp³-hybridized carbons (Fsp3) is 1.00. The smallest absolute Gasteiger partial charge is 0.128 e. The van der Waals surface area contributed by atoms with Gasteiger partial charge in [0.15, 0.2) is 0 Å². The summed E-state index contributed by atoms with van der Waals surface area (Å²) in [5.74, 6) is 0. The van der Waals surface area contributed by atoms with Crippen LogP contribution in [-0.2, 0) is 0 Å². The molecule has 0 amide bonds. The Hall–Kier alpha value is -0.150. The standard InChI is InChI=1S/C10H21FN2/c1-4-13-6-5-10(9(11)7-13)12-8(2)3/h8-10,12H,4-7H2,1-3H3/t9-,10+/m1/s1. The van der Waals surface area contributed by atoms with Crippen LogP contribution in [0.3, 0.4) is 0 Å². The van der Waals surface area contributed by atoms with E-state index >= 15 is 0 Å². The van der Waals surface area contributed by atoms with E-state index in [2.05, 4.69) is 31.0 Å². The van der Waals surface area contributed by atoms with Gasteiger partial charge >= 0.3 is 0 Å². The Morgan fingerprint density at radius 1 is 1.54 bits per heavy atom. The SMILES string of the molecule is CCN1CC[C@H](NC(C)C)[C@H](F)C1. The summed E-state index contributed by atoms with van der Waals surface area (Å²) in [5, 5.41) is 3.27. The molecule has 2 nitrogen and oxygen atoms in total. The molecule has 1 fully saturated rings. The average Bonchev–Trinajstić information content (AvgIpc) is 2.08. The number of piperidine rings is 1. The first-order valence-electron chi connectivity index (χ1n) is 5.26. The summed E-state index contributed by atoms with van der Waals surface area (Å²) in [6.45, 7) is 8.82. The molecule has 0 aromatic heterocycles. The van der Waals surface area contributed by atoms with E-state index in [1.165, 1.54) is 0 Å². The molecule has 0 aliphatic carbocycles. The molecule has 1 rings (SSSR count). The van der Waals surface area contributed by atoms with Crippen LogP contribution in [0.2, 0.25) is 0 Å². The van der Waals surface area contributed by atoms with Crippen molar-refractivity contribution in [3.8, 4) is 0 Å². The predicted molar refractivity (Wildman–Crippen MR) is 53.7 cm³/mol. The van der Waals surface area contributed by atoms with E-state index < -0.39 is 6.17 Å². The molecule has 1 aliphatic heterocycles. The van der Waals surface area contributed by atoms with Gasteiger partial charge in [-0.15, -0.1) is 0 Å². The first kappa shape index (κ1) is 10.9. The van der Waals surface area contributed by atoms with Crippen LogP contribution < -0.4 is 5.32 Å². The normalized spacial score (nSPS) is 31.2. The van der Waals surface area contributed by atoms with E-state index in [0.29, 0.717) is 12.6 Å². The van der Waals surface area contributed by atoms with Crippen molar-refractivity contribution in [3.63, 3.8) is 0 Å². The van der Waals surface area contributed by atoms with Crippen LogP contribution in [0.5, 0.6) is 0 Å². The van der Waals surface area contributed by atoms with Crippen LogP contribution in [0.15, 0.2) is 0 Å². The van der Waals surface area contributed by atoms with Crippen molar-refractivity contribution in [2.75, 3.05) is 19.6 Å². The van der Waals surface area contributed by atoms with Gasteiger partial charge in [-0.3, -0.25) is 0 Å². The number of likely N-dealkylation sites (tertiary alicyclic amines) is 1. The summed E-state index contributed by atoms with van der Waals surface area (Å²) >= 11 is 0. The van der Waals surface area contributed by atoms with Gasteiger partial charge in [-0.25, -0.2) is 4.39 Å². The lowest BCUT2D eigenvalue weighted by Crippen LogP contribution is -2.52. The van der Waals surface area contributed by atoms with Gasteiger partial charge < -0.3 is 10.2 Å². The summed E-state index contributed by atoms with van der Waals surface area (Å²) in [7, 11) is 0. The van der Waals surface area contributed by atoms with Crippen molar-refractivity contribution in [2.45, 2.75) is 45.4 Å². The lowest BCUT2D eigenvalue weighted by molar-refractivity contribution is 0.104. The molecule has 0 aromatic carbocycles. The van der Waals surface area contributed by atoms with Gasteiger partial charge in [0.25, 0.3) is 0 Å². The van der Waals surface area contributed by atoms with Gasteiger partial charge in [0.2, 0.25) is 0 Å². The highest BCUT2D eigenvalue weighted by Crippen LogP contribution is 2.14. The molecule has 78 valence electrons. The van der Waals surface area contributed by atoms with Crippen LogP contribution >= 0.6 is 0 Å². The quantitative estimate of drug-likeness (QED) is 0.720. The minimum Gasteiger partial charge on any atom is -0.309 e. The molecule has 2 atom stereocenters. The molecule has 1 heterocycles. The summed E-state index contributed by atoms with van der Waals surface area (Å²) in [6, 6.07) is 0.458. The average molecular weight is 188 g/mol. The number of alkyl halides is 1. The van der Waals surface area contributed by atoms with Crippen molar-refractivity contribution in [3.05, 3.63) is 0 Å². The van der Waals surface area contributed by atoms with Gasteiger partial charge in [0.1, 0.15) is 6.17 Å². The van der Waals surface area contributed by atoms with Crippen molar-refractivity contribution in [1.29, 1.82) is 0 Å². The van der Waals surface area contributed by atoms with Crippen molar-refractivity contribution >= 4 is 0 Å². The zero-order valence-electron chi connectivity index (χ0n) is 8.89. The van der Waals surface area contributed by atoms with Crippen LogP contribution in [0.25, 0.3) is 0 Å². The molecule has 0 radical (unpaired) electrons. The molecule has 0 aromatic rings. The Balaban J connectivity index is 2.35. The largest absolute Gasteiger partial charge is 0.309 e. The monoisotopic (exact) mass is 188 g/mol. The van der Waals surface area contributed by atoms with Crippen LogP contribution in [-0.4, -0.2) is 42.8 Å². The molecule has 0 unspecified atom stereocenters. The molecule has 1 aliphatic rings. The Morgan fingerprint density at radius 3 is 2.69 bits per heavy atom. The van der Waals surface area contributed by atoms with Crippen molar-refractivity contribution < 1.29 is 4.39 Å². The fourth-order valence-corrected chi connectivity index (χ4v) is 1.87. The Bertz CT molecular complexity index is 150. The third-order valence-corrected chi connectivity index (χ3v) is 2.62. The Kier molecular flexibility index (Phi) is 4.13. The predicted octanol–water partition coefficient (Wildman–Crippen LogP) is 1.42. The van der Waals surface area contributed by atoms with Crippen molar-refractivity contribution in [2.24, 2.45) is 0 Å². The summed E-state index contributed by atoms with van der Waals surface area (Å²) in [5.41, 5.74) is 0. The summed E-state index contributed by atoms with van der Waals surface area (Å²) in [4.78, 5) is 2.17. The molecule has 0 saturated carbocycles. The molecule has 0 bridgehead atoms. The number of hydrogen-bond donors (Lipinski definition) is 1. The lowest BCUT2D eigenvalue weighted by atomic mass is 10.0. The second kappa shape index (κ2) is 4.91. The second-order valence-corrected chi connectivity index (χ2v) is 4.13. The van der Waals surface area contributed by atoms with E-state index in [4.69, 9.17) is 0 Å². The maximum atomic E-state index is 13.5. The molecular formula is C10H21FN2. The number of halogens is 1. The van der Waals surface area contributed by atoms with E-state index in [1.54, 1.807) is 0 Å². The van der Waals surface area contributed by atoms with Gasteiger partial charge in [-0.2, -0.15) is 0 Å². The van der Waals surface area contributed by atoms with E-state index in [1.807, 2.05) is 0 Å². The van der Waals surface area contributed by atoms with Gasteiger partial charge in [-0.1, -0.05) is 20.8 Å². The van der Waals surface area contributed by atoms with Crippen molar-refractivity contribution in [1.82, 2.24) is 10.2 Å². The number of nitrogens with one attached hydrogen (secondary N) is 1. The molecular weight excluding hydrogens is 167 g/mol. The second-order valence-electron chi connectivity index (χ2n) is 4.13. The first-order valence-corrected chi connectivity index (χ1v) is 5.26. The van der Waals surface area contributed by atoms with Gasteiger partial charge in [-0.05, 0) is 19.5 Å². The van der Waals surface area contributed by atoms with Crippen LogP contribution in [0.1, 0.15) is 27.2 Å². The minimum atomic E-state index is -0.698. The van der Waals surface area contributed by atoms with Gasteiger partial charge in [0, 0.05) is 18.6 Å². The Morgan fingerprint density at radius 2 is 2.23 bits per heavy atom. The third kappa shape index (κ3) is 3.24.